The van der Waals surface area contributed by atoms with Crippen LogP contribution in [0.25, 0.3) is 0 Å². The van der Waals surface area contributed by atoms with Crippen molar-refractivity contribution in [3.05, 3.63) is 83.1 Å². The van der Waals surface area contributed by atoms with Crippen LogP contribution in [0, 0.1) is 0 Å². The van der Waals surface area contributed by atoms with Crippen LogP contribution in [0.2, 0.25) is 5.02 Å². The lowest BCUT2D eigenvalue weighted by atomic mass is 10.1. The van der Waals surface area contributed by atoms with Crippen LogP contribution in [0.5, 0.6) is 11.5 Å². The van der Waals surface area contributed by atoms with E-state index in [4.69, 9.17) is 16.3 Å². The summed E-state index contributed by atoms with van der Waals surface area (Å²) in [7, 11) is 0. The van der Waals surface area contributed by atoms with Gasteiger partial charge in [-0.05, 0) is 54.4 Å². The van der Waals surface area contributed by atoms with Crippen LogP contribution in [0.1, 0.15) is 17.7 Å². The Morgan fingerprint density at radius 1 is 1.13 bits per heavy atom. The number of benzene rings is 2. The second-order valence-corrected chi connectivity index (χ2v) is 7.25. The average molecular weight is 421 g/mol. The summed E-state index contributed by atoms with van der Waals surface area (Å²) in [6, 6.07) is 18.5. The molecule has 1 aliphatic rings. The summed E-state index contributed by atoms with van der Waals surface area (Å²) >= 11 is 5.96. The molecule has 0 bridgehead atoms. The fraction of sp³-hybridized carbons (Fsp3) is 0.174. The van der Waals surface area contributed by atoms with Gasteiger partial charge in [0.15, 0.2) is 11.6 Å². The fourth-order valence-corrected chi connectivity index (χ4v) is 3.34. The lowest BCUT2D eigenvalue weighted by Gasteiger charge is -2.11. The summed E-state index contributed by atoms with van der Waals surface area (Å²) in [5.41, 5.74) is 2.40. The van der Waals surface area contributed by atoms with E-state index in [1.165, 1.54) is 0 Å². The maximum Gasteiger partial charge on any atom is 0.224 e. The summed E-state index contributed by atoms with van der Waals surface area (Å²) in [6.07, 6.45) is 2.67. The molecule has 0 fully saturated rings. The zero-order chi connectivity index (χ0) is 20.8. The maximum atomic E-state index is 12.3. The van der Waals surface area contributed by atoms with Gasteiger partial charge in [-0.1, -0.05) is 29.8 Å². The van der Waals surface area contributed by atoms with Gasteiger partial charge in [0.25, 0.3) is 0 Å². The van der Waals surface area contributed by atoms with Crippen molar-refractivity contribution in [3.8, 4) is 11.5 Å². The van der Waals surface area contributed by atoms with E-state index in [2.05, 4.69) is 20.6 Å². The Kier molecular flexibility index (Phi) is 6.25. The maximum absolute atomic E-state index is 12.3. The molecule has 30 heavy (non-hydrogen) atoms. The molecular weight excluding hydrogens is 400 g/mol. The number of hydrogen-bond donors (Lipinski definition) is 2. The molecule has 7 heteroatoms. The first-order valence-electron chi connectivity index (χ1n) is 9.73. The standard InChI is InChI=1S/C23H21ClN4O2/c24-17-5-2-6-18(15-17)28-21(29)10-9-16-4-1-7-19(14-16)30-20-8-3-11-25-22(20)23-26-12-13-27-23/h1-8,11,14-15H,9-10,12-13H2,(H,26,27)(H,28,29). The smallest absolute Gasteiger partial charge is 0.224 e. The summed E-state index contributed by atoms with van der Waals surface area (Å²) in [5.74, 6) is 2.01. The third-order valence-corrected chi connectivity index (χ3v) is 4.78. The molecule has 0 radical (unpaired) electrons. The minimum Gasteiger partial charge on any atom is -0.455 e. The Morgan fingerprint density at radius 3 is 2.87 bits per heavy atom. The lowest BCUT2D eigenvalue weighted by molar-refractivity contribution is -0.116. The van der Waals surface area contributed by atoms with Crippen LogP contribution in [0.3, 0.4) is 0 Å². The minimum absolute atomic E-state index is 0.0662. The Balaban J connectivity index is 1.39. The van der Waals surface area contributed by atoms with Gasteiger partial charge in [-0.2, -0.15) is 0 Å². The van der Waals surface area contributed by atoms with Crippen LogP contribution >= 0.6 is 11.6 Å². The Bertz CT molecular complexity index is 1080. The van der Waals surface area contributed by atoms with Gasteiger partial charge >= 0.3 is 0 Å². The van der Waals surface area contributed by atoms with Crippen LogP contribution in [0.15, 0.2) is 71.9 Å². The number of aliphatic imine (C=N–C) groups is 1. The highest BCUT2D eigenvalue weighted by atomic mass is 35.5. The highest BCUT2D eigenvalue weighted by molar-refractivity contribution is 6.30. The molecule has 1 aliphatic heterocycles. The molecule has 0 spiro atoms. The number of amides is 1. The topological polar surface area (TPSA) is 75.6 Å². The molecule has 152 valence electrons. The molecule has 2 aromatic carbocycles. The van der Waals surface area contributed by atoms with E-state index < -0.39 is 0 Å². The zero-order valence-corrected chi connectivity index (χ0v) is 17.0. The van der Waals surface area contributed by atoms with E-state index in [1.807, 2.05) is 42.5 Å². The van der Waals surface area contributed by atoms with Crippen molar-refractivity contribution in [2.24, 2.45) is 4.99 Å². The third-order valence-electron chi connectivity index (χ3n) is 4.54. The molecule has 2 heterocycles. The number of halogens is 1. The molecule has 0 atom stereocenters. The molecule has 1 aromatic heterocycles. The summed E-state index contributed by atoms with van der Waals surface area (Å²) in [5, 5.41) is 6.67. The van der Waals surface area contributed by atoms with Crippen molar-refractivity contribution < 1.29 is 9.53 Å². The number of hydrogen-bond acceptors (Lipinski definition) is 5. The largest absolute Gasteiger partial charge is 0.455 e. The van der Waals surface area contributed by atoms with Crippen LogP contribution in [-0.4, -0.2) is 29.8 Å². The van der Waals surface area contributed by atoms with Crippen molar-refractivity contribution in [3.63, 3.8) is 0 Å². The van der Waals surface area contributed by atoms with E-state index in [1.54, 1.807) is 24.4 Å². The molecule has 6 nitrogen and oxygen atoms in total. The van der Waals surface area contributed by atoms with Crippen molar-refractivity contribution in [1.29, 1.82) is 0 Å². The SMILES string of the molecule is O=C(CCc1cccc(Oc2cccnc2C2=NCCN2)c1)Nc1cccc(Cl)c1. The molecule has 0 saturated carbocycles. The predicted octanol–water partition coefficient (Wildman–Crippen LogP) is 4.45. The van der Waals surface area contributed by atoms with Gasteiger partial charge in [0.2, 0.25) is 5.91 Å². The van der Waals surface area contributed by atoms with E-state index in [-0.39, 0.29) is 5.91 Å². The van der Waals surface area contributed by atoms with Crippen molar-refractivity contribution in [2.45, 2.75) is 12.8 Å². The number of carbonyl (C=O) groups is 1. The Hall–Kier alpha value is -3.38. The lowest BCUT2D eigenvalue weighted by Crippen LogP contribution is -2.21. The Morgan fingerprint density at radius 2 is 2.03 bits per heavy atom. The number of carbonyl (C=O) groups excluding carboxylic acids is 1. The van der Waals surface area contributed by atoms with Crippen molar-refractivity contribution in [1.82, 2.24) is 10.3 Å². The number of nitrogens with zero attached hydrogens (tertiary/aromatic N) is 2. The second kappa shape index (κ2) is 9.41. The van der Waals surface area contributed by atoms with Crippen LogP contribution in [0.4, 0.5) is 5.69 Å². The summed E-state index contributed by atoms with van der Waals surface area (Å²) in [4.78, 5) is 21.1. The number of aryl methyl sites for hydroxylation is 1. The first-order chi connectivity index (χ1) is 14.7. The first-order valence-corrected chi connectivity index (χ1v) is 10.1. The van der Waals surface area contributed by atoms with Gasteiger partial charge in [0, 0.05) is 29.9 Å². The van der Waals surface area contributed by atoms with Crippen molar-refractivity contribution in [2.75, 3.05) is 18.4 Å². The third kappa shape index (κ3) is 5.15. The highest BCUT2D eigenvalue weighted by Crippen LogP contribution is 2.26. The first kappa shape index (κ1) is 19.9. The molecule has 3 aromatic rings. The van der Waals surface area contributed by atoms with Crippen molar-refractivity contribution >= 4 is 29.0 Å². The number of nitrogens with one attached hydrogen (secondary N) is 2. The molecule has 4 rings (SSSR count). The molecule has 0 unspecified atom stereocenters. The number of anilines is 1. The van der Waals surface area contributed by atoms with Gasteiger partial charge in [0.05, 0.1) is 6.54 Å². The minimum atomic E-state index is -0.0662. The Labute approximate surface area is 180 Å². The highest BCUT2D eigenvalue weighted by Gasteiger charge is 2.15. The van der Waals surface area contributed by atoms with Gasteiger partial charge in [0.1, 0.15) is 11.4 Å². The van der Waals surface area contributed by atoms with E-state index in [0.29, 0.717) is 40.7 Å². The van der Waals surface area contributed by atoms with E-state index in [9.17, 15) is 4.79 Å². The van der Waals surface area contributed by atoms with E-state index >= 15 is 0 Å². The summed E-state index contributed by atoms with van der Waals surface area (Å²) < 4.78 is 6.08. The molecular formula is C23H21ClN4O2. The summed E-state index contributed by atoms with van der Waals surface area (Å²) in [6.45, 7) is 1.54. The van der Waals surface area contributed by atoms with Gasteiger partial charge in [-0.25, -0.2) is 4.98 Å². The van der Waals surface area contributed by atoms with Crippen LogP contribution in [-0.2, 0) is 11.2 Å². The predicted molar refractivity (Wildman–Crippen MR) is 119 cm³/mol. The fourth-order valence-electron chi connectivity index (χ4n) is 3.15. The zero-order valence-electron chi connectivity index (χ0n) is 16.3. The number of amidine groups is 1. The number of pyridine rings is 1. The second-order valence-electron chi connectivity index (χ2n) is 6.82. The molecule has 1 amide bonds. The number of rotatable bonds is 7. The molecule has 0 aliphatic carbocycles. The quantitative estimate of drug-likeness (QED) is 0.592. The molecule has 0 saturated heterocycles. The van der Waals surface area contributed by atoms with Gasteiger partial charge in [-0.3, -0.25) is 9.79 Å². The molecule has 2 N–H and O–H groups in total. The average Bonchev–Trinajstić information content (AvgIpc) is 3.28. The van der Waals surface area contributed by atoms with Gasteiger partial charge in [-0.15, -0.1) is 0 Å². The number of aromatic nitrogens is 1. The monoisotopic (exact) mass is 420 g/mol. The normalized spacial score (nSPS) is 12.8. The van der Waals surface area contributed by atoms with Crippen LogP contribution < -0.4 is 15.4 Å². The van der Waals surface area contributed by atoms with Gasteiger partial charge < -0.3 is 15.4 Å². The van der Waals surface area contributed by atoms with E-state index in [0.717, 1.165) is 24.5 Å². The number of ether oxygens (including phenoxy) is 1.